The molecule has 6 heteroatoms. The van der Waals surface area contributed by atoms with Crippen molar-refractivity contribution in [3.8, 4) is 0 Å². The molecule has 1 N–H and O–H groups in total. The standard InChI is InChI=1S/C24H25FN2O2S/c1-2-20-16-21(24(30-20)26-23(28)17-7-4-3-5-8-17)22(27-11-13-29-14-12-27)18-9-6-10-19(25)15-18/h3-10,15-16,22H,2,11-14H2,1H3,(H,26,28)/t22-/m0/s1. The van der Waals surface area contributed by atoms with Crippen molar-refractivity contribution in [2.24, 2.45) is 0 Å². The van der Waals surface area contributed by atoms with Crippen molar-refractivity contribution >= 4 is 22.2 Å². The lowest BCUT2D eigenvalue weighted by atomic mass is 9.97. The number of hydrogen-bond donors (Lipinski definition) is 1. The first-order chi connectivity index (χ1) is 14.7. The number of rotatable bonds is 6. The van der Waals surface area contributed by atoms with Gasteiger partial charge in [-0.15, -0.1) is 11.3 Å². The largest absolute Gasteiger partial charge is 0.379 e. The monoisotopic (exact) mass is 424 g/mol. The summed E-state index contributed by atoms with van der Waals surface area (Å²) >= 11 is 1.59. The summed E-state index contributed by atoms with van der Waals surface area (Å²) < 4.78 is 19.6. The summed E-state index contributed by atoms with van der Waals surface area (Å²) in [5.74, 6) is -0.395. The third kappa shape index (κ3) is 4.61. The van der Waals surface area contributed by atoms with Gasteiger partial charge >= 0.3 is 0 Å². The number of carbonyl (C=O) groups is 1. The van der Waals surface area contributed by atoms with Crippen LogP contribution in [-0.4, -0.2) is 37.1 Å². The van der Waals surface area contributed by atoms with Crippen LogP contribution in [0.15, 0.2) is 60.7 Å². The first kappa shape index (κ1) is 20.7. The van der Waals surface area contributed by atoms with Gasteiger partial charge in [-0.3, -0.25) is 9.69 Å². The fraction of sp³-hybridized carbons (Fsp3) is 0.292. The van der Waals surface area contributed by atoms with Crippen LogP contribution in [0.1, 0.15) is 39.3 Å². The Morgan fingerprint density at radius 3 is 2.60 bits per heavy atom. The second-order valence-corrected chi connectivity index (χ2v) is 8.41. The summed E-state index contributed by atoms with van der Waals surface area (Å²) in [5, 5.41) is 3.93. The number of hydrogen-bond acceptors (Lipinski definition) is 4. The van der Waals surface area contributed by atoms with Gasteiger partial charge in [0.2, 0.25) is 0 Å². The average molecular weight is 425 g/mol. The number of ether oxygens (including phenoxy) is 1. The molecule has 0 saturated carbocycles. The minimum absolute atomic E-state index is 0.138. The van der Waals surface area contributed by atoms with E-state index in [0.29, 0.717) is 18.8 Å². The zero-order valence-corrected chi connectivity index (χ0v) is 17.8. The quantitative estimate of drug-likeness (QED) is 0.597. The van der Waals surface area contributed by atoms with Crippen LogP contribution in [0.3, 0.4) is 0 Å². The number of nitrogens with one attached hydrogen (secondary N) is 1. The molecular formula is C24H25FN2O2S. The molecule has 30 heavy (non-hydrogen) atoms. The van der Waals surface area contributed by atoms with Crippen molar-refractivity contribution in [2.45, 2.75) is 19.4 Å². The number of carbonyl (C=O) groups excluding carboxylic acids is 1. The van der Waals surface area contributed by atoms with Crippen molar-refractivity contribution < 1.29 is 13.9 Å². The summed E-state index contributed by atoms with van der Waals surface area (Å²) in [6.45, 7) is 4.89. The number of nitrogens with zero attached hydrogens (tertiary/aromatic N) is 1. The molecule has 0 spiro atoms. The van der Waals surface area contributed by atoms with Gasteiger partial charge in [-0.25, -0.2) is 4.39 Å². The molecule has 1 saturated heterocycles. The number of morpholine rings is 1. The Hall–Kier alpha value is -2.54. The smallest absolute Gasteiger partial charge is 0.256 e. The van der Waals surface area contributed by atoms with E-state index in [1.54, 1.807) is 35.6 Å². The minimum atomic E-state index is -0.258. The van der Waals surface area contributed by atoms with Gasteiger partial charge in [-0.2, -0.15) is 0 Å². The van der Waals surface area contributed by atoms with E-state index in [9.17, 15) is 9.18 Å². The van der Waals surface area contributed by atoms with Gasteiger partial charge in [-0.05, 0) is 42.3 Å². The molecule has 3 aromatic rings. The number of thiophene rings is 1. The lowest BCUT2D eigenvalue weighted by Crippen LogP contribution is -2.39. The highest BCUT2D eigenvalue weighted by atomic mass is 32.1. The molecule has 156 valence electrons. The van der Waals surface area contributed by atoms with Crippen LogP contribution in [0.5, 0.6) is 0 Å². The first-order valence-corrected chi connectivity index (χ1v) is 11.0. The lowest BCUT2D eigenvalue weighted by Gasteiger charge is -2.35. The van der Waals surface area contributed by atoms with Crippen LogP contribution in [0, 0.1) is 5.82 Å². The maximum absolute atomic E-state index is 14.1. The van der Waals surface area contributed by atoms with Gasteiger partial charge in [-0.1, -0.05) is 37.3 Å². The predicted molar refractivity (Wildman–Crippen MR) is 119 cm³/mol. The van der Waals surface area contributed by atoms with Gasteiger partial charge in [0.25, 0.3) is 5.91 Å². The average Bonchev–Trinajstić information content (AvgIpc) is 3.18. The van der Waals surface area contributed by atoms with Crippen molar-refractivity contribution in [3.63, 3.8) is 0 Å². The molecule has 1 aromatic heterocycles. The summed E-state index contributed by atoms with van der Waals surface area (Å²) in [5.41, 5.74) is 2.50. The SMILES string of the molecule is CCc1cc([C@H](c2cccc(F)c2)N2CCOCC2)c(NC(=O)c2ccccc2)s1. The normalized spacial score (nSPS) is 15.7. The van der Waals surface area contributed by atoms with E-state index in [1.807, 2.05) is 24.3 Å². The zero-order chi connectivity index (χ0) is 20.9. The van der Waals surface area contributed by atoms with Crippen LogP contribution in [-0.2, 0) is 11.2 Å². The Bertz CT molecular complexity index is 999. The lowest BCUT2D eigenvalue weighted by molar-refractivity contribution is 0.0241. The number of amides is 1. The number of anilines is 1. The van der Waals surface area contributed by atoms with E-state index >= 15 is 0 Å². The molecule has 0 bridgehead atoms. The molecule has 4 nitrogen and oxygen atoms in total. The third-order valence-electron chi connectivity index (χ3n) is 5.29. The molecule has 0 unspecified atom stereocenters. The molecule has 0 radical (unpaired) electrons. The highest BCUT2D eigenvalue weighted by molar-refractivity contribution is 7.16. The molecule has 1 amide bonds. The molecule has 1 aliphatic rings. The fourth-order valence-corrected chi connectivity index (χ4v) is 4.82. The Balaban J connectivity index is 1.74. The van der Waals surface area contributed by atoms with Crippen molar-refractivity contribution in [2.75, 3.05) is 31.6 Å². The minimum Gasteiger partial charge on any atom is -0.379 e. The molecule has 1 fully saturated rings. The molecule has 2 aromatic carbocycles. The van der Waals surface area contributed by atoms with Crippen LogP contribution >= 0.6 is 11.3 Å². The Morgan fingerprint density at radius 1 is 1.13 bits per heavy atom. The second-order valence-electron chi connectivity index (χ2n) is 7.28. The van der Waals surface area contributed by atoms with Gasteiger partial charge in [0, 0.05) is 29.1 Å². The summed E-state index contributed by atoms with van der Waals surface area (Å²) in [7, 11) is 0. The van der Waals surface area contributed by atoms with Crippen molar-refractivity contribution in [3.05, 3.63) is 88.0 Å². The van der Waals surface area contributed by atoms with E-state index < -0.39 is 0 Å². The maximum Gasteiger partial charge on any atom is 0.256 e. The summed E-state index contributed by atoms with van der Waals surface area (Å²) in [6.07, 6.45) is 0.873. The molecular weight excluding hydrogens is 399 g/mol. The molecule has 2 heterocycles. The van der Waals surface area contributed by atoms with Crippen molar-refractivity contribution in [1.82, 2.24) is 4.90 Å². The van der Waals surface area contributed by atoms with Crippen LogP contribution in [0.25, 0.3) is 0 Å². The fourth-order valence-electron chi connectivity index (χ4n) is 3.80. The highest BCUT2D eigenvalue weighted by Gasteiger charge is 2.29. The summed E-state index contributed by atoms with van der Waals surface area (Å²) in [4.78, 5) is 16.3. The van der Waals surface area contributed by atoms with Gasteiger partial charge in [0.1, 0.15) is 10.8 Å². The Morgan fingerprint density at radius 2 is 1.90 bits per heavy atom. The maximum atomic E-state index is 14.1. The van der Waals surface area contributed by atoms with E-state index in [1.165, 1.54) is 10.9 Å². The number of aryl methyl sites for hydroxylation is 1. The zero-order valence-electron chi connectivity index (χ0n) is 16.9. The third-order valence-corrected chi connectivity index (χ3v) is 6.50. The molecule has 1 aliphatic heterocycles. The van der Waals surface area contributed by atoms with E-state index in [-0.39, 0.29) is 17.8 Å². The van der Waals surface area contributed by atoms with Crippen LogP contribution in [0.4, 0.5) is 9.39 Å². The van der Waals surface area contributed by atoms with Gasteiger partial charge in [0.15, 0.2) is 0 Å². The van der Waals surface area contributed by atoms with E-state index in [4.69, 9.17) is 4.74 Å². The van der Waals surface area contributed by atoms with Gasteiger partial charge < -0.3 is 10.1 Å². The van der Waals surface area contributed by atoms with Crippen molar-refractivity contribution in [1.29, 1.82) is 0 Å². The Labute approximate surface area is 180 Å². The molecule has 4 rings (SSSR count). The first-order valence-electron chi connectivity index (χ1n) is 10.2. The topological polar surface area (TPSA) is 41.6 Å². The van der Waals surface area contributed by atoms with E-state index in [2.05, 4.69) is 23.2 Å². The number of halogens is 1. The molecule has 0 aliphatic carbocycles. The highest BCUT2D eigenvalue weighted by Crippen LogP contribution is 2.40. The van der Waals surface area contributed by atoms with Gasteiger partial charge in [0.05, 0.1) is 19.3 Å². The van der Waals surface area contributed by atoms with Crippen LogP contribution in [0.2, 0.25) is 0 Å². The second kappa shape index (κ2) is 9.51. The predicted octanol–water partition coefficient (Wildman–Crippen LogP) is 5.12. The van der Waals surface area contributed by atoms with E-state index in [0.717, 1.165) is 35.6 Å². The molecule has 1 atom stereocenters. The van der Waals surface area contributed by atoms with Crippen LogP contribution < -0.4 is 5.32 Å². The number of benzene rings is 2. The Kier molecular flexibility index (Phi) is 6.57. The summed E-state index contributed by atoms with van der Waals surface area (Å²) in [6, 6.07) is 17.9.